The summed E-state index contributed by atoms with van der Waals surface area (Å²) in [7, 11) is 0. The molecule has 0 saturated heterocycles. The van der Waals surface area contributed by atoms with Gasteiger partial charge in [0.15, 0.2) is 0 Å². The standard InChI is InChI=1S/C14H17NS2/c1-2-3-5-10-14(17-12-15)11-16-13-8-6-4-7-9-13/h4,6-9,11H,2-3,5,10H2,1H3/b14-11+. The molecule has 1 aromatic carbocycles. The summed E-state index contributed by atoms with van der Waals surface area (Å²) in [5.74, 6) is 0. The molecule has 0 atom stereocenters. The van der Waals surface area contributed by atoms with E-state index in [-0.39, 0.29) is 0 Å². The number of nitriles is 1. The van der Waals surface area contributed by atoms with Crippen LogP contribution in [-0.4, -0.2) is 0 Å². The Balaban J connectivity index is 2.49. The van der Waals surface area contributed by atoms with Gasteiger partial charge < -0.3 is 0 Å². The second-order valence-electron chi connectivity index (χ2n) is 3.67. The molecule has 0 unspecified atom stereocenters. The molecule has 0 heterocycles. The van der Waals surface area contributed by atoms with Crippen LogP contribution in [0.1, 0.15) is 32.6 Å². The van der Waals surface area contributed by atoms with Gasteiger partial charge in [0.1, 0.15) is 5.40 Å². The van der Waals surface area contributed by atoms with Gasteiger partial charge in [0.05, 0.1) is 0 Å². The molecule has 0 aliphatic carbocycles. The monoisotopic (exact) mass is 263 g/mol. The summed E-state index contributed by atoms with van der Waals surface area (Å²) in [6.45, 7) is 2.19. The fourth-order valence-electron chi connectivity index (χ4n) is 1.37. The van der Waals surface area contributed by atoms with Crippen LogP contribution in [0.3, 0.4) is 0 Å². The molecule has 0 spiro atoms. The van der Waals surface area contributed by atoms with E-state index in [1.165, 1.54) is 40.8 Å². The first kappa shape index (κ1) is 14.2. The van der Waals surface area contributed by atoms with E-state index in [0.717, 1.165) is 6.42 Å². The first-order valence-corrected chi connectivity index (χ1v) is 7.53. The lowest BCUT2D eigenvalue weighted by Gasteiger charge is -2.02. The molecule has 1 nitrogen and oxygen atoms in total. The molecule has 90 valence electrons. The summed E-state index contributed by atoms with van der Waals surface area (Å²) in [5, 5.41) is 13.0. The van der Waals surface area contributed by atoms with Crippen LogP contribution in [0.5, 0.6) is 0 Å². The molecule has 17 heavy (non-hydrogen) atoms. The molecule has 0 bridgehead atoms. The lowest BCUT2D eigenvalue weighted by molar-refractivity contribution is 0.726. The van der Waals surface area contributed by atoms with Gasteiger partial charge in [-0.1, -0.05) is 49.7 Å². The van der Waals surface area contributed by atoms with Gasteiger partial charge in [0, 0.05) is 9.80 Å². The molecular weight excluding hydrogens is 246 g/mol. The van der Waals surface area contributed by atoms with Crippen LogP contribution in [-0.2, 0) is 0 Å². The van der Waals surface area contributed by atoms with Crippen molar-refractivity contribution in [1.82, 2.24) is 0 Å². The van der Waals surface area contributed by atoms with Crippen molar-refractivity contribution >= 4 is 23.5 Å². The van der Waals surface area contributed by atoms with Crippen LogP contribution < -0.4 is 0 Å². The maximum Gasteiger partial charge on any atom is 0.138 e. The lowest BCUT2D eigenvalue weighted by Crippen LogP contribution is -1.78. The number of thioether (sulfide) groups is 2. The van der Waals surface area contributed by atoms with Crippen molar-refractivity contribution in [2.75, 3.05) is 0 Å². The topological polar surface area (TPSA) is 23.8 Å². The Kier molecular flexibility index (Phi) is 7.70. The summed E-state index contributed by atoms with van der Waals surface area (Å²) < 4.78 is 0. The van der Waals surface area contributed by atoms with Crippen molar-refractivity contribution in [3.05, 3.63) is 40.6 Å². The Morgan fingerprint density at radius 3 is 2.71 bits per heavy atom. The second kappa shape index (κ2) is 9.21. The quantitative estimate of drug-likeness (QED) is 0.373. The lowest BCUT2D eigenvalue weighted by atomic mass is 10.2. The number of hydrogen-bond acceptors (Lipinski definition) is 3. The molecule has 0 N–H and O–H groups in total. The maximum absolute atomic E-state index is 8.75. The van der Waals surface area contributed by atoms with Crippen molar-refractivity contribution in [2.24, 2.45) is 0 Å². The molecule has 0 saturated carbocycles. The Morgan fingerprint density at radius 1 is 1.29 bits per heavy atom. The van der Waals surface area contributed by atoms with E-state index in [0.29, 0.717) is 0 Å². The van der Waals surface area contributed by atoms with Crippen molar-refractivity contribution in [2.45, 2.75) is 37.5 Å². The van der Waals surface area contributed by atoms with Crippen LogP contribution >= 0.6 is 23.5 Å². The average molecular weight is 263 g/mol. The largest absolute Gasteiger partial charge is 0.185 e. The van der Waals surface area contributed by atoms with Gasteiger partial charge in [-0.3, -0.25) is 0 Å². The number of allylic oxidation sites excluding steroid dienone is 1. The minimum absolute atomic E-state index is 1.02. The van der Waals surface area contributed by atoms with Crippen molar-refractivity contribution in [3.8, 4) is 5.40 Å². The summed E-state index contributed by atoms with van der Waals surface area (Å²) in [4.78, 5) is 2.40. The van der Waals surface area contributed by atoms with E-state index >= 15 is 0 Å². The van der Waals surface area contributed by atoms with Crippen molar-refractivity contribution in [3.63, 3.8) is 0 Å². The zero-order valence-corrected chi connectivity index (χ0v) is 11.7. The van der Waals surface area contributed by atoms with Crippen molar-refractivity contribution < 1.29 is 0 Å². The molecular formula is C14H17NS2. The molecule has 0 aliphatic heterocycles. The number of unbranched alkanes of at least 4 members (excludes halogenated alkanes) is 2. The van der Waals surface area contributed by atoms with E-state index in [1.54, 1.807) is 11.8 Å². The molecule has 0 aliphatic rings. The third-order valence-electron chi connectivity index (χ3n) is 2.27. The SMILES string of the molecule is CCCCC/C(=C\Sc1ccccc1)SC#N. The van der Waals surface area contributed by atoms with Gasteiger partial charge in [-0.15, -0.1) is 0 Å². The van der Waals surface area contributed by atoms with Crippen LogP contribution in [0.25, 0.3) is 0 Å². The number of benzene rings is 1. The molecule has 1 rings (SSSR count). The van der Waals surface area contributed by atoms with E-state index in [1.807, 2.05) is 18.2 Å². The van der Waals surface area contributed by atoms with Crippen molar-refractivity contribution in [1.29, 1.82) is 5.26 Å². The zero-order chi connectivity index (χ0) is 12.3. The molecule has 3 heteroatoms. The van der Waals surface area contributed by atoms with Gasteiger partial charge in [-0.25, -0.2) is 0 Å². The first-order valence-electron chi connectivity index (χ1n) is 5.83. The van der Waals surface area contributed by atoms with E-state index in [4.69, 9.17) is 5.26 Å². The average Bonchev–Trinajstić information content (AvgIpc) is 2.37. The van der Waals surface area contributed by atoms with Crippen LogP contribution in [0.4, 0.5) is 0 Å². The van der Waals surface area contributed by atoms with E-state index < -0.39 is 0 Å². The summed E-state index contributed by atoms with van der Waals surface area (Å²) in [6, 6.07) is 10.2. The van der Waals surface area contributed by atoms with E-state index in [9.17, 15) is 0 Å². The number of thiocyanates is 1. The minimum Gasteiger partial charge on any atom is -0.185 e. The smallest absolute Gasteiger partial charge is 0.138 e. The Hall–Kier alpha value is -0.850. The fraction of sp³-hybridized carbons (Fsp3) is 0.357. The van der Waals surface area contributed by atoms with E-state index in [2.05, 4.69) is 29.9 Å². The third kappa shape index (κ3) is 6.45. The van der Waals surface area contributed by atoms with Gasteiger partial charge >= 0.3 is 0 Å². The summed E-state index contributed by atoms with van der Waals surface area (Å²) in [6.07, 6.45) is 4.65. The molecule has 0 fully saturated rings. The highest BCUT2D eigenvalue weighted by Crippen LogP contribution is 2.28. The Morgan fingerprint density at radius 2 is 2.06 bits per heavy atom. The molecule has 0 aromatic heterocycles. The molecule has 0 radical (unpaired) electrons. The third-order valence-corrected chi connectivity index (χ3v) is 4.04. The molecule has 0 amide bonds. The summed E-state index contributed by atoms with van der Waals surface area (Å²) >= 11 is 2.98. The maximum atomic E-state index is 8.75. The van der Waals surface area contributed by atoms with Crippen LogP contribution in [0, 0.1) is 10.7 Å². The Labute approximate surface area is 112 Å². The van der Waals surface area contributed by atoms with Gasteiger partial charge in [0.2, 0.25) is 0 Å². The normalized spacial score (nSPS) is 11.2. The number of rotatable bonds is 7. The zero-order valence-electron chi connectivity index (χ0n) is 10.1. The van der Waals surface area contributed by atoms with Gasteiger partial charge in [0.25, 0.3) is 0 Å². The highest BCUT2D eigenvalue weighted by Gasteiger charge is 1.99. The number of hydrogen-bond donors (Lipinski definition) is 0. The number of nitrogens with zero attached hydrogens (tertiary/aromatic N) is 1. The summed E-state index contributed by atoms with van der Waals surface area (Å²) in [5.41, 5.74) is 0. The molecule has 1 aromatic rings. The predicted octanol–water partition coefficient (Wildman–Crippen LogP) is 5.41. The first-order chi connectivity index (χ1) is 8.36. The van der Waals surface area contributed by atoms with Crippen LogP contribution in [0.15, 0.2) is 45.5 Å². The highest BCUT2D eigenvalue weighted by atomic mass is 32.2. The second-order valence-corrected chi connectivity index (χ2v) is 5.52. The minimum atomic E-state index is 1.02. The fourth-order valence-corrected chi connectivity index (χ4v) is 2.77. The highest BCUT2D eigenvalue weighted by molar-refractivity contribution is 8.09. The predicted molar refractivity (Wildman–Crippen MR) is 77.7 cm³/mol. The van der Waals surface area contributed by atoms with Crippen LogP contribution in [0.2, 0.25) is 0 Å². The van der Waals surface area contributed by atoms with Gasteiger partial charge in [-0.05, 0) is 42.1 Å². The van der Waals surface area contributed by atoms with Gasteiger partial charge in [-0.2, -0.15) is 5.26 Å². The Bertz CT molecular complexity index is 379.